The third-order valence-corrected chi connectivity index (χ3v) is 4.13. The van der Waals surface area contributed by atoms with E-state index in [9.17, 15) is 4.79 Å². The number of hydrogen-bond acceptors (Lipinski definition) is 3. The monoisotopic (exact) mass is 287 g/mol. The maximum atomic E-state index is 11.8. The molecule has 1 atom stereocenters. The van der Waals surface area contributed by atoms with Crippen molar-refractivity contribution in [3.05, 3.63) is 51.7 Å². The first kappa shape index (κ1) is 13.2. The average molecular weight is 287 g/mol. The molecular formula is C16H17NO2S. The molecule has 1 aliphatic heterocycles. The van der Waals surface area contributed by atoms with E-state index < -0.39 is 0 Å². The fourth-order valence-corrected chi connectivity index (χ4v) is 3.10. The molecule has 0 radical (unpaired) electrons. The summed E-state index contributed by atoms with van der Waals surface area (Å²) in [6, 6.07) is 8.13. The van der Waals surface area contributed by atoms with E-state index >= 15 is 0 Å². The van der Waals surface area contributed by atoms with Crippen molar-refractivity contribution in [2.45, 2.75) is 32.4 Å². The van der Waals surface area contributed by atoms with Crippen molar-refractivity contribution in [3.8, 4) is 5.75 Å². The van der Waals surface area contributed by atoms with Crippen LogP contribution in [0.5, 0.6) is 5.75 Å². The van der Waals surface area contributed by atoms with Gasteiger partial charge in [-0.1, -0.05) is 12.1 Å². The SMILES string of the molecule is C[C@H]1Cc2cc(CNC(=O)Cc3ccsc3)ccc2O1. The fourth-order valence-electron chi connectivity index (χ4n) is 2.43. The van der Waals surface area contributed by atoms with E-state index in [2.05, 4.69) is 18.3 Å². The number of fused-ring (bicyclic) bond motifs is 1. The van der Waals surface area contributed by atoms with Crippen LogP contribution in [0.2, 0.25) is 0 Å². The van der Waals surface area contributed by atoms with Crippen molar-refractivity contribution in [1.82, 2.24) is 5.32 Å². The Balaban J connectivity index is 1.56. The van der Waals surface area contributed by atoms with Crippen LogP contribution in [0.15, 0.2) is 35.0 Å². The average Bonchev–Trinajstić information content (AvgIpc) is 3.04. The first-order valence-corrected chi connectivity index (χ1v) is 7.71. The molecule has 104 valence electrons. The zero-order chi connectivity index (χ0) is 13.9. The lowest BCUT2D eigenvalue weighted by Gasteiger charge is -2.06. The van der Waals surface area contributed by atoms with Gasteiger partial charge in [-0.15, -0.1) is 0 Å². The summed E-state index contributed by atoms with van der Waals surface area (Å²) < 4.78 is 5.67. The summed E-state index contributed by atoms with van der Waals surface area (Å²) in [5.41, 5.74) is 3.44. The molecule has 3 nitrogen and oxygen atoms in total. The molecule has 0 aliphatic carbocycles. The van der Waals surface area contributed by atoms with Gasteiger partial charge in [-0.05, 0) is 46.5 Å². The van der Waals surface area contributed by atoms with Gasteiger partial charge in [0.25, 0.3) is 0 Å². The summed E-state index contributed by atoms with van der Waals surface area (Å²) in [7, 11) is 0. The molecule has 1 aliphatic rings. The highest BCUT2D eigenvalue weighted by Crippen LogP contribution is 2.29. The summed E-state index contributed by atoms with van der Waals surface area (Å²) in [5.74, 6) is 1.04. The molecule has 0 unspecified atom stereocenters. The highest BCUT2D eigenvalue weighted by Gasteiger charge is 2.18. The second kappa shape index (κ2) is 5.67. The van der Waals surface area contributed by atoms with Crippen molar-refractivity contribution >= 4 is 17.2 Å². The predicted molar refractivity (Wildman–Crippen MR) is 80.1 cm³/mol. The standard InChI is InChI=1S/C16H17NO2S/c1-11-6-14-7-12(2-3-15(14)19-11)9-17-16(18)8-13-4-5-20-10-13/h2-5,7,10-11H,6,8-9H2,1H3,(H,17,18)/t11-/m0/s1. The number of hydrogen-bond donors (Lipinski definition) is 1. The van der Waals surface area contributed by atoms with E-state index in [0.29, 0.717) is 13.0 Å². The topological polar surface area (TPSA) is 38.3 Å². The van der Waals surface area contributed by atoms with Crippen LogP contribution in [-0.4, -0.2) is 12.0 Å². The third-order valence-electron chi connectivity index (χ3n) is 3.39. The molecular weight excluding hydrogens is 270 g/mol. The Morgan fingerprint density at radius 3 is 3.10 bits per heavy atom. The van der Waals surface area contributed by atoms with E-state index in [1.54, 1.807) is 11.3 Å². The smallest absolute Gasteiger partial charge is 0.224 e. The highest BCUT2D eigenvalue weighted by atomic mass is 32.1. The third kappa shape index (κ3) is 3.02. The normalized spacial score (nSPS) is 16.6. The van der Waals surface area contributed by atoms with Gasteiger partial charge in [0, 0.05) is 13.0 Å². The van der Waals surface area contributed by atoms with Gasteiger partial charge in [0.15, 0.2) is 0 Å². The van der Waals surface area contributed by atoms with Crippen LogP contribution < -0.4 is 10.1 Å². The van der Waals surface area contributed by atoms with Crippen LogP contribution in [-0.2, 0) is 24.2 Å². The number of amides is 1. The molecule has 1 N–H and O–H groups in total. The lowest BCUT2D eigenvalue weighted by Crippen LogP contribution is -2.24. The minimum Gasteiger partial charge on any atom is -0.490 e. The van der Waals surface area contributed by atoms with Gasteiger partial charge in [-0.25, -0.2) is 0 Å². The van der Waals surface area contributed by atoms with Crippen LogP contribution in [0.25, 0.3) is 0 Å². The Kier molecular flexibility index (Phi) is 3.74. The molecule has 2 heterocycles. The van der Waals surface area contributed by atoms with Crippen molar-refractivity contribution in [3.63, 3.8) is 0 Å². The van der Waals surface area contributed by atoms with Gasteiger partial charge >= 0.3 is 0 Å². The first-order valence-electron chi connectivity index (χ1n) is 6.77. The molecule has 0 bridgehead atoms. The van der Waals surface area contributed by atoms with E-state index in [1.807, 2.05) is 29.0 Å². The number of benzene rings is 1. The van der Waals surface area contributed by atoms with E-state index in [1.165, 1.54) is 5.56 Å². The van der Waals surface area contributed by atoms with Crippen LogP contribution in [0.4, 0.5) is 0 Å². The summed E-state index contributed by atoms with van der Waals surface area (Å²) in [6.07, 6.45) is 1.66. The minimum atomic E-state index is 0.0634. The number of nitrogens with one attached hydrogen (secondary N) is 1. The van der Waals surface area contributed by atoms with Crippen molar-refractivity contribution in [2.24, 2.45) is 0 Å². The Labute approximate surface area is 122 Å². The second-order valence-electron chi connectivity index (χ2n) is 5.16. The number of ether oxygens (including phenoxy) is 1. The fraction of sp³-hybridized carbons (Fsp3) is 0.312. The lowest BCUT2D eigenvalue weighted by molar-refractivity contribution is -0.120. The van der Waals surface area contributed by atoms with Gasteiger partial charge in [0.05, 0.1) is 6.42 Å². The molecule has 1 aromatic heterocycles. The molecule has 0 saturated heterocycles. The largest absolute Gasteiger partial charge is 0.490 e. The Bertz CT molecular complexity index is 607. The Morgan fingerprint density at radius 2 is 2.30 bits per heavy atom. The molecule has 3 rings (SSSR count). The summed E-state index contributed by atoms with van der Waals surface area (Å²) in [6.45, 7) is 2.65. The summed E-state index contributed by atoms with van der Waals surface area (Å²) >= 11 is 1.62. The van der Waals surface area contributed by atoms with Gasteiger partial charge in [-0.3, -0.25) is 4.79 Å². The molecule has 20 heavy (non-hydrogen) atoms. The summed E-state index contributed by atoms with van der Waals surface area (Å²) in [5, 5.41) is 6.96. The predicted octanol–water partition coefficient (Wildman–Crippen LogP) is 2.93. The number of carbonyl (C=O) groups excluding carboxylic acids is 1. The van der Waals surface area contributed by atoms with Crippen LogP contribution in [0.3, 0.4) is 0 Å². The van der Waals surface area contributed by atoms with E-state index in [4.69, 9.17) is 4.74 Å². The molecule has 0 fully saturated rings. The Hall–Kier alpha value is -1.81. The van der Waals surface area contributed by atoms with Gasteiger partial charge < -0.3 is 10.1 Å². The first-order chi connectivity index (χ1) is 9.70. The minimum absolute atomic E-state index is 0.0634. The second-order valence-corrected chi connectivity index (χ2v) is 5.94. The highest BCUT2D eigenvalue weighted by molar-refractivity contribution is 7.07. The molecule has 2 aromatic rings. The van der Waals surface area contributed by atoms with Crippen molar-refractivity contribution in [2.75, 3.05) is 0 Å². The zero-order valence-electron chi connectivity index (χ0n) is 11.4. The lowest BCUT2D eigenvalue weighted by atomic mass is 10.1. The molecule has 4 heteroatoms. The number of thiophene rings is 1. The molecule has 0 saturated carbocycles. The molecule has 0 spiro atoms. The van der Waals surface area contributed by atoms with E-state index in [0.717, 1.165) is 23.3 Å². The zero-order valence-corrected chi connectivity index (χ0v) is 12.2. The summed E-state index contributed by atoms with van der Waals surface area (Å²) in [4.78, 5) is 11.8. The maximum absolute atomic E-state index is 11.8. The van der Waals surface area contributed by atoms with E-state index in [-0.39, 0.29) is 12.0 Å². The van der Waals surface area contributed by atoms with Crippen LogP contribution >= 0.6 is 11.3 Å². The van der Waals surface area contributed by atoms with Gasteiger partial charge in [-0.2, -0.15) is 11.3 Å². The van der Waals surface area contributed by atoms with Crippen molar-refractivity contribution in [1.29, 1.82) is 0 Å². The quantitative estimate of drug-likeness (QED) is 0.939. The van der Waals surface area contributed by atoms with Crippen LogP contribution in [0.1, 0.15) is 23.6 Å². The molecule has 1 amide bonds. The maximum Gasteiger partial charge on any atom is 0.224 e. The number of rotatable bonds is 4. The van der Waals surface area contributed by atoms with Gasteiger partial charge in [0.2, 0.25) is 5.91 Å². The Morgan fingerprint density at radius 1 is 1.40 bits per heavy atom. The van der Waals surface area contributed by atoms with Crippen LogP contribution in [0, 0.1) is 0 Å². The molecule has 1 aromatic carbocycles. The number of carbonyl (C=O) groups is 1. The van der Waals surface area contributed by atoms with Crippen molar-refractivity contribution < 1.29 is 9.53 Å². The van der Waals surface area contributed by atoms with Gasteiger partial charge in [0.1, 0.15) is 11.9 Å².